The van der Waals surface area contributed by atoms with E-state index in [1.807, 2.05) is 0 Å². The van der Waals surface area contributed by atoms with E-state index in [0.29, 0.717) is 0 Å². The van der Waals surface area contributed by atoms with Crippen LogP contribution >= 0.6 is 0 Å². The molecule has 0 aromatic heterocycles. The minimum atomic E-state index is 0.0548. The van der Waals surface area contributed by atoms with Gasteiger partial charge in [-0.2, -0.15) is 0 Å². The normalized spacial score (nSPS) is 18.4. The van der Waals surface area contributed by atoms with Gasteiger partial charge in [-0.1, -0.05) is 86.7 Å². The first-order valence-electron chi connectivity index (χ1n) is 12.8. The number of fused-ring (bicyclic) bond motifs is 3. The molecule has 1 aliphatic heterocycles. The zero-order chi connectivity index (χ0) is 23.3. The number of allylic oxidation sites excluding steroid dienone is 2. The smallest absolute Gasteiger partial charge is 0.127 e. The molecule has 0 fully saturated rings. The molecule has 0 N–H and O–H groups in total. The highest BCUT2D eigenvalue weighted by Crippen LogP contribution is 2.46. The third-order valence-electron chi connectivity index (χ3n) is 7.04. The lowest BCUT2D eigenvalue weighted by Crippen LogP contribution is -2.23. The van der Waals surface area contributed by atoms with Gasteiger partial charge < -0.3 is 9.47 Å². The first-order valence-corrected chi connectivity index (χ1v) is 12.8. The lowest BCUT2D eigenvalue weighted by atomic mass is 9.78. The van der Waals surface area contributed by atoms with Gasteiger partial charge in [-0.05, 0) is 77.1 Å². The molecule has 34 heavy (non-hydrogen) atoms. The molecule has 1 heterocycles. The van der Waals surface area contributed by atoms with Crippen LogP contribution in [0.2, 0.25) is 0 Å². The van der Waals surface area contributed by atoms with Crippen LogP contribution in [0.15, 0.2) is 84.4 Å². The molecule has 0 radical (unpaired) electrons. The number of hydrogen-bond donors (Lipinski definition) is 0. The standard InChI is InChI=1S/C32H34O2/c1-3-25-27(23-13-7-5-8-14-23)17-19-29-31(25)32-26(4-2)28(24-15-9-6-10-16-24)18-20-30(32)34-22-12-11-21-33-29/h5-10,13-19,30H,3-4,11-12,20-22H2,1-2H3. The largest absolute Gasteiger partial charge is 0.493 e. The minimum absolute atomic E-state index is 0.0548. The summed E-state index contributed by atoms with van der Waals surface area (Å²) in [5, 5.41) is 0. The Morgan fingerprint density at radius 1 is 0.765 bits per heavy atom. The van der Waals surface area contributed by atoms with Gasteiger partial charge in [-0.3, -0.25) is 0 Å². The molecule has 3 aromatic carbocycles. The highest BCUT2D eigenvalue weighted by Gasteiger charge is 2.31. The molecule has 1 aliphatic carbocycles. The maximum atomic E-state index is 6.58. The molecule has 0 saturated heterocycles. The number of benzene rings is 3. The van der Waals surface area contributed by atoms with Gasteiger partial charge in [0.15, 0.2) is 0 Å². The Hall–Kier alpha value is -3.10. The maximum absolute atomic E-state index is 6.58. The summed E-state index contributed by atoms with van der Waals surface area (Å²) in [6.07, 6.45) is 7.27. The molecule has 0 saturated carbocycles. The molecule has 2 heteroatoms. The van der Waals surface area contributed by atoms with Crippen LogP contribution in [0.5, 0.6) is 5.75 Å². The topological polar surface area (TPSA) is 18.5 Å². The van der Waals surface area contributed by atoms with Crippen LogP contribution in [0, 0.1) is 0 Å². The van der Waals surface area contributed by atoms with Gasteiger partial charge in [0, 0.05) is 12.2 Å². The van der Waals surface area contributed by atoms with Crippen LogP contribution in [-0.2, 0) is 11.2 Å². The molecule has 1 unspecified atom stereocenters. The lowest BCUT2D eigenvalue weighted by Gasteiger charge is -2.33. The van der Waals surface area contributed by atoms with Crippen LogP contribution in [0.1, 0.15) is 56.2 Å². The van der Waals surface area contributed by atoms with Crippen LogP contribution < -0.4 is 4.74 Å². The fraction of sp³-hybridized carbons (Fsp3) is 0.312. The quantitative estimate of drug-likeness (QED) is 0.399. The van der Waals surface area contributed by atoms with Gasteiger partial charge in [0.05, 0.1) is 12.7 Å². The summed E-state index contributed by atoms with van der Waals surface area (Å²) in [7, 11) is 0. The number of rotatable bonds is 4. The van der Waals surface area contributed by atoms with E-state index in [1.165, 1.54) is 44.5 Å². The Balaban J connectivity index is 1.79. The second kappa shape index (κ2) is 10.4. The summed E-state index contributed by atoms with van der Waals surface area (Å²) in [4.78, 5) is 0. The average molecular weight is 451 g/mol. The predicted octanol–water partition coefficient (Wildman–Crippen LogP) is 8.12. The molecule has 3 aromatic rings. The molecular weight excluding hydrogens is 416 g/mol. The van der Waals surface area contributed by atoms with Crippen molar-refractivity contribution in [3.8, 4) is 16.9 Å². The average Bonchev–Trinajstić information content (AvgIpc) is 2.90. The number of ether oxygens (including phenoxy) is 2. The molecule has 0 bridgehead atoms. The summed E-state index contributed by atoms with van der Waals surface area (Å²) in [5.74, 6) is 1.00. The van der Waals surface area contributed by atoms with Crippen molar-refractivity contribution in [1.29, 1.82) is 0 Å². The lowest BCUT2D eigenvalue weighted by molar-refractivity contribution is 0.0851. The van der Waals surface area contributed by atoms with Gasteiger partial charge in [-0.15, -0.1) is 0 Å². The van der Waals surface area contributed by atoms with Crippen molar-refractivity contribution in [2.45, 2.75) is 52.1 Å². The third-order valence-corrected chi connectivity index (χ3v) is 7.04. The van der Waals surface area contributed by atoms with E-state index in [4.69, 9.17) is 9.47 Å². The molecule has 174 valence electrons. The van der Waals surface area contributed by atoms with E-state index in [2.05, 4.69) is 92.7 Å². The number of hydrogen-bond acceptors (Lipinski definition) is 2. The zero-order valence-corrected chi connectivity index (χ0v) is 20.3. The maximum Gasteiger partial charge on any atom is 0.127 e. The summed E-state index contributed by atoms with van der Waals surface area (Å²) < 4.78 is 13.1. The van der Waals surface area contributed by atoms with Crippen molar-refractivity contribution in [2.24, 2.45) is 0 Å². The van der Waals surface area contributed by atoms with E-state index in [0.717, 1.165) is 51.1 Å². The second-order valence-electron chi connectivity index (χ2n) is 9.06. The molecule has 5 rings (SSSR count). The highest BCUT2D eigenvalue weighted by atomic mass is 16.5. The second-order valence-corrected chi connectivity index (χ2v) is 9.06. The first kappa shape index (κ1) is 22.7. The van der Waals surface area contributed by atoms with Gasteiger partial charge in [0.2, 0.25) is 0 Å². The van der Waals surface area contributed by atoms with Gasteiger partial charge in [-0.25, -0.2) is 0 Å². The van der Waals surface area contributed by atoms with Crippen molar-refractivity contribution in [2.75, 3.05) is 13.2 Å². The molecule has 0 spiro atoms. The Kier molecular flexibility index (Phi) is 6.97. The van der Waals surface area contributed by atoms with Crippen LogP contribution in [0.4, 0.5) is 0 Å². The summed E-state index contributed by atoms with van der Waals surface area (Å²) in [6.45, 7) is 6.04. The Bertz CT molecular complexity index is 1190. The first-order chi connectivity index (χ1) is 16.8. The van der Waals surface area contributed by atoms with Crippen molar-refractivity contribution in [1.82, 2.24) is 0 Å². The highest BCUT2D eigenvalue weighted by molar-refractivity contribution is 5.95. The van der Waals surface area contributed by atoms with Crippen molar-refractivity contribution < 1.29 is 9.47 Å². The molecule has 1 atom stereocenters. The SMILES string of the molecule is CCC1=C2c3c(ccc(-c4ccccc4)c3CC)OCCCCOC2CC=C1c1ccccc1. The summed E-state index contributed by atoms with van der Waals surface area (Å²) in [6, 6.07) is 26.0. The van der Waals surface area contributed by atoms with E-state index < -0.39 is 0 Å². The Morgan fingerprint density at radius 3 is 2.18 bits per heavy atom. The van der Waals surface area contributed by atoms with Gasteiger partial charge >= 0.3 is 0 Å². The van der Waals surface area contributed by atoms with Crippen molar-refractivity contribution in [3.63, 3.8) is 0 Å². The molecular formula is C32H34O2. The Morgan fingerprint density at radius 2 is 1.47 bits per heavy atom. The third kappa shape index (κ3) is 4.35. The van der Waals surface area contributed by atoms with Crippen molar-refractivity contribution in [3.05, 3.63) is 101 Å². The van der Waals surface area contributed by atoms with Gasteiger partial charge in [0.25, 0.3) is 0 Å². The fourth-order valence-electron chi connectivity index (χ4n) is 5.47. The summed E-state index contributed by atoms with van der Waals surface area (Å²) >= 11 is 0. The predicted molar refractivity (Wildman–Crippen MR) is 142 cm³/mol. The summed E-state index contributed by atoms with van der Waals surface area (Å²) in [5.41, 5.74) is 10.5. The Labute approximate surface area is 203 Å². The van der Waals surface area contributed by atoms with Crippen LogP contribution in [-0.4, -0.2) is 19.3 Å². The van der Waals surface area contributed by atoms with E-state index in [-0.39, 0.29) is 6.10 Å². The minimum Gasteiger partial charge on any atom is -0.493 e. The van der Waals surface area contributed by atoms with Gasteiger partial charge in [0.1, 0.15) is 5.75 Å². The van der Waals surface area contributed by atoms with Crippen molar-refractivity contribution >= 4 is 11.1 Å². The fourth-order valence-corrected chi connectivity index (χ4v) is 5.47. The zero-order valence-electron chi connectivity index (χ0n) is 20.3. The molecule has 2 aliphatic rings. The van der Waals surface area contributed by atoms with Crippen LogP contribution in [0.3, 0.4) is 0 Å². The van der Waals surface area contributed by atoms with E-state index in [1.54, 1.807) is 0 Å². The molecule has 2 nitrogen and oxygen atoms in total. The van der Waals surface area contributed by atoms with Crippen LogP contribution in [0.25, 0.3) is 22.3 Å². The van der Waals surface area contributed by atoms with E-state index >= 15 is 0 Å². The van der Waals surface area contributed by atoms with E-state index in [9.17, 15) is 0 Å². The molecule has 0 amide bonds. The monoisotopic (exact) mass is 450 g/mol.